The maximum absolute atomic E-state index is 13.3. The van der Waals surface area contributed by atoms with Crippen molar-refractivity contribution >= 4 is 22.7 Å². The predicted octanol–water partition coefficient (Wildman–Crippen LogP) is 2.97. The van der Waals surface area contributed by atoms with Gasteiger partial charge in [0.25, 0.3) is 5.56 Å². The molecule has 9 heteroatoms. The van der Waals surface area contributed by atoms with Crippen LogP contribution in [-0.2, 0) is 18.4 Å². The van der Waals surface area contributed by atoms with E-state index in [1.54, 1.807) is 10.9 Å². The zero-order valence-corrected chi connectivity index (χ0v) is 20.0. The second-order valence-electron chi connectivity index (χ2n) is 10.1. The number of benzene rings is 1. The molecule has 0 atom stereocenters. The van der Waals surface area contributed by atoms with E-state index in [2.05, 4.69) is 27.8 Å². The van der Waals surface area contributed by atoms with Gasteiger partial charge in [-0.1, -0.05) is 26.0 Å². The molecule has 2 aliphatic rings. The molecule has 0 saturated heterocycles. The van der Waals surface area contributed by atoms with Crippen LogP contribution in [-0.4, -0.2) is 42.6 Å². The van der Waals surface area contributed by atoms with Gasteiger partial charge >= 0.3 is 0 Å². The Hall–Kier alpha value is -3.56. The van der Waals surface area contributed by atoms with Crippen LogP contribution < -0.4 is 16.2 Å². The highest BCUT2D eigenvalue weighted by molar-refractivity contribution is 5.77. The highest BCUT2D eigenvalue weighted by Crippen LogP contribution is 2.35. The van der Waals surface area contributed by atoms with Crippen molar-refractivity contribution in [1.82, 2.24) is 29.6 Å². The molecule has 1 aliphatic carbocycles. The van der Waals surface area contributed by atoms with Crippen molar-refractivity contribution < 1.29 is 5.11 Å². The molecule has 6 rings (SSSR count). The smallest absolute Gasteiger partial charge is 0.278 e. The zero-order chi connectivity index (χ0) is 24.2. The summed E-state index contributed by atoms with van der Waals surface area (Å²) < 4.78 is 3.57. The van der Waals surface area contributed by atoms with Gasteiger partial charge in [0, 0.05) is 23.8 Å². The molecular formula is C26H29N7O2. The molecule has 3 aromatic heterocycles. The van der Waals surface area contributed by atoms with Gasteiger partial charge < -0.3 is 15.7 Å². The first-order valence-corrected chi connectivity index (χ1v) is 12.1. The molecule has 1 aliphatic heterocycles. The van der Waals surface area contributed by atoms with Gasteiger partial charge in [-0.3, -0.25) is 4.79 Å². The summed E-state index contributed by atoms with van der Waals surface area (Å²) in [6.45, 7) is 5.71. The first kappa shape index (κ1) is 21.9. The number of hydrogen-bond donors (Lipinski definition) is 3. The SMILES string of the molecule is CC(C)(CO)c1cccc(-n2c3nc(Nc4ccc5c(c4)CNCC5)ncc3c(=O)n2C2CC2)n1. The van der Waals surface area contributed by atoms with Crippen LogP contribution in [0.5, 0.6) is 0 Å². The molecule has 0 spiro atoms. The van der Waals surface area contributed by atoms with Gasteiger partial charge in [0.05, 0.1) is 18.3 Å². The van der Waals surface area contributed by atoms with Crippen molar-refractivity contribution in [2.75, 3.05) is 18.5 Å². The third-order valence-corrected chi connectivity index (χ3v) is 6.91. The number of pyridine rings is 1. The molecule has 0 bridgehead atoms. The number of nitrogens with zero attached hydrogens (tertiary/aromatic N) is 5. The monoisotopic (exact) mass is 471 g/mol. The standard InChI is InChI=1S/C26H29N7O2/c1-26(2,15-34)21-4-3-5-22(30-21)33-23-20(24(35)32(33)19-8-9-19)14-28-25(31-23)29-18-7-6-16-10-11-27-13-17(16)12-18/h3-7,12,14,19,27,34H,8-11,13,15H2,1-2H3,(H,28,29,31). The molecule has 1 saturated carbocycles. The van der Waals surface area contributed by atoms with E-state index in [0.29, 0.717) is 22.8 Å². The normalized spacial score (nSPS) is 15.9. The summed E-state index contributed by atoms with van der Waals surface area (Å²) in [6, 6.07) is 12.1. The second-order valence-corrected chi connectivity index (χ2v) is 10.1. The Morgan fingerprint density at radius 3 is 2.83 bits per heavy atom. The van der Waals surface area contributed by atoms with Crippen LogP contribution in [0, 0.1) is 0 Å². The summed E-state index contributed by atoms with van der Waals surface area (Å²) in [4.78, 5) is 27.4. The quantitative estimate of drug-likeness (QED) is 0.397. The number of nitrogens with one attached hydrogen (secondary N) is 2. The molecule has 180 valence electrons. The van der Waals surface area contributed by atoms with Crippen LogP contribution in [0.4, 0.5) is 11.6 Å². The summed E-state index contributed by atoms with van der Waals surface area (Å²) in [6.07, 6.45) is 4.52. The fourth-order valence-corrected chi connectivity index (χ4v) is 4.62. The number of hydrogen-bond acceptors (Lipinski definition) is 7. The summed E-state index contributed by atoms with van der Waals surface area (Å²) >= 11 is 0. The van der Waals surface area contributed by atoms with Crippen LogP contribution >= 0.6 is 0 Å². The van der Waals surface area contributed by atoms with Gasteiger partial charge in [-0.25, -0.2) is 19.3 Å². The molecule has 4 heterocycles. The van der Waals surface area contributed by atoms with Gasteiger partial charge in [0.15, 0.2) is 11.5 Å². The zero-order valence-electron chi connectivity index (χ0n) is 20.0. The highest BCUT2D eigenvalue weighted by atomic mass is 16.3. The first-order chi connectivity index (χ1) is 16.9. The minimum absolute atomic E-state index is 0.0299. The van der Waals surface area contributed by atoms with E-state index in [1.807, 2.05) is 42.8 Å². The molecule has 9 nitrogen and oxygen atoms in total. The topological polar surface area (TPSA) is 110 Å². The van der Waals surface area contributed by atoms with Crippen molar-refractivity contribution in [1.29, 1.82) is 0 Å². The van der Waals surface area contributed by atoms with Gasteiger partial charge in [-0.05, 0) is 61.2 Å². The van der Waals surface area contributed by atoms with Crippen molar-refractivity contribution in [2.45, 2.75) is 51.1 Å². The molecule has 1 aromatic carbocycles. The lowest BCUT2D eigenvalue weighted by atomic mass is 9.90. The lowest BCUT2D eigenvalue weighted by molar-refractivity contribution is 0.215. The van der Waals surface area contributed by atoms with E-state index in [-0.39, 0.29) is 18.2 Å². The average molecular weight is 472 g/mol. The van der Waals surface area contributed by atoms with Gasteiger partial charge in [0.1, 0.15) is 5.39 Å². The van der Waals surface area contributed by atoms with Crippen molar-refractivity contribution in [3.8, 4) is 5.82 Å². The Labute approximate surface area is 202 Å². The number of anilines is 2. The largest absolute Gasteiger partial charge is 0.395 e. The third-order valence-electron chi connectivity index (χ3n) is 6.91. The first-order valence-electron chi connectivity index (χ1n) is 12.1. The van der Waals surface area contributed by atoms with Gasteiger partial charge in [-0.15, -0.1) is 0 Å². The van der Waals surface area contributed by atoms with E-state index in [0.717, 1.165) is 43.7 Å². The number of aliphatic hydroxyl groups excluding tert-OH is 1. The molecule has 4 aromatic rings. The third kappa shape index (κ3) is 3.90. The van der Waals surface area contributed by atoms with E-state index >= 15 is 0 Å². The predicted molar refractivity (Wildman–Crippen MR) is 134 cm³/mol. The van der Waals surface area contributed by atoms with Crippen LogP contribution in [0.15, 0.2) is 47.4 Å². The minimum atomic E-state index is -0.507. The van der Waals surface area contributed by atoms with Crippen LogP contribution in [0.2, 0.25) is 0 Å². The molecule has 0 amide bonds. The van der Waals surface area contributed by atoms with Crippen LogP contribution in [0.3, 0.4) is 0 Å². The number of aromatic nitrogens is 5. The summed E-state index contributed by atoms with van der Waals surface area (Å²) in [5.41, 5.74) is 4.20. The minimum Gasteiger partial charge on any atom is -0.395 e. The van der Waals surface area contributed by atoms with Gasteiger partial charge in [-0.2, -0.15) is 4.98 Å². The van der Waals surface area contributed by atoms with E-state index in [9.17, 15) is 9.90 Å². The Kier molecular flexibility index (Phi) is 5.19. The molecule has 1 fully saturated rings. The fraction of sp³-hybridized carbons (Fsp3) is 0.385. The van der Waals surface area contributed by atoms with Crippen molar-refractivity contribution in [3.05, 3.63) is 69.8 Å². The summed E-state index contributed by atoms with van der Waals surface area (Å²) in [5.74, 6) is 1.03. The van der Waals surface area contributed by atoms with Crippen LogP contribution in [0.1, 0.15) is 49.6 Å². The lowest BCUT2D eigenvalue weighted by Gasteiger charge is -2.22. The van der Waals surface area contributed by atoms with E-state index < -0.39 is 5.41 Å². The summed E-state index contributed by atoms with van der Waals surface area (Å²) in [5, 5.41) is 17.0. The Bertz CT molecular complexity index is 1480. The fourth-order valence-electron chi connectivity index (χ4n) is 4.62. The lowest BCUT2D eigenvalue weighted by Crippen LogP contribution is -2.26. The maximum Gasteiger partial charge on any atom is 0.278 e. The molecule has 3 N–H and O–H groups in total. The Morgan fingerprint density at radius 2 is 2.03 bits per heavy atom. The highest BCUT2D eigenvalue weighted by Gasteiger charge is 2.31. The molecular weight excluding hydrogens is 442 g/mol. The molecule has 35 heavy (non-hydrogen) atoms. The second kappa shape index (κ2) is 8.28. The van der Waals surface area contributed by atoms with Crippen molar-refractivity contribution in [2.24, 2.45) is 0 Å². The number of fused-ring (bicyclic) bond motifs is 2. The van der Waals surface area contributed by atoms with E-state index in [4.69, 9.17) is 9.97 Å². The summed E-state index contributed by atoms with van der Waals surface area (Å²) in [7, 11) is 0. The van der Waals surface area contributed by atoms with E-state index in [1.165, 1.54) is 11.1 Å². The molecule has 0 unspecified atom stereocenters. The van der Waals surface area contributed by atoms with Gasteiger partial charge in [0.2, 0.25) is 5.95 Å². The molecule has 0 radical (unpaired) electrons. The number of rotatable bonds is 6. The Balaban J connectivity index is 1.46. The maximum atomic E-state index is 13.3. The number of aliphatic hydroxyl groups is 1. The van der Waals surface area contributed by atoms with Crippen molar-refractivity contribution in [3.63, 3.8) is 0 Å². The van der Waals surface area contributed by atoms with Crippen LogP contribution in [0.25, 0.3) is 16.9 Å². The average Bonchev–Trinajstić information content (AvgIpc) is 3.68. The Morgan fingerprint density at radius 1 is 1.17 bits per heavy atom.